The van der Waals surface area contributed by atoms with Crippen LogP contribution in [0.4, 0.5) is 0 Å². The van der Waals surface area contributed by atoms with Crippen molar-refractivity contribution in [3.05, 3.63) is 0 Å². The Morgan fingerprint density at radius 1 is 1.42 bits per heavy atom. The van der Waals surface area contributed by atoms with Gasteiger partial charge in [0.25, 0.3) is 0 Å². The Kier molecular flexibility index (Phi) is 4.21. The predicted octanol–water partition coefficient (Wildman–Crippen LogP) is 1.39. The zero-order chi connectivity index (χ0) is 14.1. The molecule has 2 saturated heterocycles. The van der Waals surface area contributed by atoms with E-state index in [2.05, 4.69) is 19.2 Å². The second-order valence-corrected chi connectivity index (χ2v) is 7.09. The van der Waals surface area contributed by atoms with Crippen LogP contribution >= 0.6 is 0 Å². The molecule has 2 atom stereocenters. The largest absolute Gasteiger partial charge is 0.388 e. The highest BCUT2D eigenvalue weighted by Crippen LogP contribution is 2.35. The molecule has 2 aliphatic heterocycles. The van der Waals surface area contributed by atoms with Crippen molar-refractivity contribution in [3.8, 4) is 0 Å². The Morgan fingerprint density at radius 2 is 2.16 bits per heavy atom. The molecule has 4 heteroatoms. The van der Waals surface area contributed by atoms with Crippen molar-refractivity contribution < 1.29 is 9.90 Å². The number of amides is 1. The van der Waals surface area contributed by atoms with Gasteiger partial charge in [-0.1, -0.05) is 13.8 Å². The summed E-state index contributed by atoms with van der Waals surface area (Å²) in [6.45, 7) is 9.24. The van der Waals surface area contributed by atoms with Gasteiger partial charge >= 0.3 is 0 Å². The van der Waals surface area contributed by atoms with Gasteiger partial charge in [-0.3, -0.25) is 4.79 Å². The lowest BCUT2D eigenvalue weighted by atomic mass is 9.73. The minimum Gasteiger partial charge on any atom is -0.388 e. The van der Waals surface area contributed by atoms with E-state index in [1.807, 2.05) is 11.8 Å². The maximum atomic E-state index is 12.8. The second-order valence-electron chi connectivity index (χ2n) is 7.09. The van der Waals surface area contributed by atoms with E-state index in [1.54, 1.807) is 0 Å². The standard InChI is InChI=1S/C15H28N2O2/c1-14(2,12-6-4-8-16-10-12)13(18)17-9-5-7-15(3,19)11-17/h12,16,19H,4-11H2,1-3H3. The van der Waals surface area contributed by atoms with Crippen molar-refractivity contribution in [1.29, 1.82) is 0 Å². The molecule has 1 amide bonds. The first-order chi connectivity index (χ1) is 8.83. The van der Waals surface area contributed by atoms with E-state index < -0.39 is 5.60 Å². The summed E-state index contributed by atoms with van der Waals surface area (Å²) >= 11 is 0. The van der Waals surface area contributed by atoms with Gasteiger partial charge < -0.3 is 15.3 Å². The fourth-order valence-corrected chi connectivity index (χ4v) is 3.44. The molecular weight excluding hydrogens is 240 g/mol. The summed E-state index contributed by atoms with van der Waals surface area (Å²) < 4.78 is 0. The zero-order valence-electron chi connectivity index (χ0n) is 12.5. The second kappa shape index (κ2) is 5.41. The highest BCUT2D eigenvalue weighted by atomic mass is 16.3. The van der Waals surface area contributed by atoms with Gasteiger partial charge in [-0.15, -0.1) is 0 Å². The minimum absolute atomic E-state index is 0.209. The first-order valence-electron chi connectivity index (χ1n) is 7.55. The fourth-order valence-electron chi connectivity index (χ4n) is 3.44. The Morgan fingerprint density at radius 3 is 2.74 bits per heavy atom. The molecule has 0 spiro atoms. The molecule has 0 aromatic heterocycles. The topological polar surface area (TPSA) is 52.6 Å². The van der Waals surface area contributed by atoms with E-state index in [1.165, 1.54) is 0 Å². The number of carbonyl (C=O) groups excluding carboxylic acids is 1. The monoisotopic (exact) mass is 268 g/mol. The number of β-amino-alcohol motifs (C(OH)–C–C–N with tert-alkyl or cyclic N) is 1. The Labute approximate surface area is 116 Å². The molecule has 0 aliphatic carbocycles. The molecule has 4 nitrogen and oxygen atoms in total. The lowest BCUT2D eigenvalue weighted by Crippen LogP contribution is -2.55. The van der Waals surface area contributed by atoms with Gasteiger partial charge in [0.15, 0.2) is 0 Å². The molecule has 0 aromatic carbocycles. The summed E-state index contributed by atoms with van der Waals surface area (Å²) in [4.78, 5) is 14.7. The van der Waals surface area contributed by atoms with Crippen LogP contribution in [0.15, 0.2) is 0 Å². The van der Waals surface area contributed by atoms with Crippen LogP contribution in [0.5, 0.6) is 0 Å². The summed E-state index contributed by atoms with van der Waals surface area (Å²) in [5.74, 6) is 0.613. The molecule has 2 aliphatic rings. The first kappa shape index (κ1) is 14.8. The third-order valence-electron chi connectivity index (χ3n) is 4.83. The van der Waals surface area contributed by atoms with Crippen LogP contribution in [0.3, 0.4) is 0 Å². The van der Waals surface area contributed by atoms with E-state index in [-0.39, 0.29) is 11.3 Å². The number of nitrogens with one attached hydrogen (secondary N) is 1. The van der Waals surface area contributed by atoms with Crippen LogP contribution in [-0.4, -0.2) is 47.7 Å². The number of aliphatic hydroxyl groups is 1. The van der Waals surface area contributed by atoms with E-state index in [0.29, 0.717) is 12.5 Å². The molecule has 2 unspecified atom stereocenters. The molecular formula is C15H28N2O2. The summed E-state index contributed by atoms with van der Waals surface area (Å²) in [6, 6.07) is 0. The summed E-state index contributed by atoms with van der Waals surface area (Å²) in [6.07, 6.45) is 3.97. The van der Waals surface area contributed by atoms with Crippen molar-refractivity contribution in [1.82, 2.24) is 10.2 Å². The number of piperidine rings is 2. The van der Waals surface area contributed by atoms with E-state index in [9.17, 15) is 9.90 Å². The molecule has 2 N–H and O–H groups in total. The lowest BCUT2D eigenvalue weighted by Gasteiger charge is -2.43. The van der Waals surface area contributed by atoms with Crippen LogP contribution in [0.2, 0.25) is 0 Å². The molecule has 2 heterocycles. The lowest BCUT2D eigenvalue weighted by molar-refractivity contribution is -0.150. The average molecular weight is 268 g/mol. The van der Waals surface area contributed by atoms with Crippen molar-refractivity contribution >= 4 is 5.91 Å². The Balaban J connectivity index is 2.04. The molecule has 0 saturated carbocycles. The minimum atomic E-state index is -0.713. The molecule has 2 rings (SSSR count). The van der Waals surface area contributed by atoms with Crippen LogP contribution in [0, 0.1) is 11.3 Å². The van der Waals surface area contributed by atoms with E-state index in [0.717, 1.165) is 45.3 Å². The summed E-state index contributed by atoms with van der Waals surface area (Å²) in [7, 11) is 0. The molecule has 0 radical (unpaired) electrons. The average Bonchev–Trinajstić information content (AvgIpc) is 2.37. The first-order valence-corrected chi connectivity index (χ1v) is 7.55. The predicted molar refractivity (Wildman–Crippen MR) is 75.8 cm³/mol. The number of hydrogen-bond donors (Lipinski definition) is 2. The Bertz CT molecular complexity index is 333. The van der Waals surface area contributed by atoms with Crippen molar-refractivity contribution in [2.45, 2.75) is 52.1 Å². The molecule has 19 heavy (non-hydrogen) atoms. The maximum absolute atomic E-state index is 12.8. The molecule has 110 valence electrons. The molecule has 0 bridgehead atoms. The van der Waals surface area contributed by atoms with E-state index in [4.69, 9.17) is 0 Å². The van der Waals surface area contributed by atoms with Gasteiger partial charge in [-0.25, -0.2) is 0 Å². The van der Waals surface area contributed by atoms with E-state index >= 15 is 0 Å². The summed E-state index contributed by atoms with van der Waals surface area (Å²) in [5.41, 5.74) is -1.05. The van der Waals surface area contributed by atoms with Crippen LogP contribution in [0.25, 0.3) is 0 Å². The van der Waals surface area contributed by atoms with Crippen LogP contribution < -0.4 is 5.32 Å². The zero-order valence-corrected chi connectivity index (χ0v) is 12.5. The summed E-state index contributed by atoms with van der Waals surface area (Å²) in [5, 5.41) is 13.6. The van der Waals surface area contributed by atoms with Gasteiger partial charge in [0.1, 0.15) is 0 Å². The smallest absolute Gasteiger partial charge is 0.228 e. The van der Waals surface area contributed by atoms with Crippen LogP contribution in [0.1, 0.15) is 46.5 Å². The van der Waals surface area contributed by atoms with Gasteiger partial charge in [-0.2, -0.15) is 0 Å². The van der Waals surface area contributed by atoms with Crippen molar-refractivity contribution in [2.24, 2.45) is 11.3 Å². The van der Waals surface area contributed by atoms with Gasteiger partial charge in [0, 0.05) is 18.5 Å². The van der Waals surface area contributed by atoms with Crippen molar-refractivity contribution in [3.63, 3.8) is 0 Å². The number of hydrogen-bond acceptors (Lipinski definition) is 3. The number of likely N-dealkylation sites (tertiary alicyclic amines) is 1. The van der Waals surface area contributed by atoms with Crippen LogP contribution in [-0.2, 0) is 4.79 Å². The Hall–Kier alpha value is -0.610. The fraction of sp³-hybridized carbons (Fsp3) is 0.933. The van der Waals surface area contributed by atoms with Crippen molar-refractivity contribution in [2.75, 3.05) is 26.2 Å². The highest BCUT2D eigenvalue weighted by molar-refractivity contribution is 5.82. The number of nitrogens with zero attached hydrogens (tertiary/aromatic N) is 1. The van der Waals surface area contributed by atoms with Gasteiger partial charge in [0.2, 0.25) is 5.91 Å². The maximum Gasteiger partial charge on any atom is 0.228 e. The van der Waals surface area contributed by atoms with Gasteiger partial charge in [-0.05, 0) is 51.6 Å². The number of rotatable bonds is 2. The third-order valence-corrected chi connectivity index (χ3v) is 4.83. The number of carbonyl (C=O) groups is 1. The normalized spacial score (nSPS) is 33.3. The van der Waals surface area contributed by atoms with Gasteiger partial charge in [0.05, 0.1) is 5.60 Å². The molecule has 0 aromatic rings. The molecule has 2 fully saturated rings. The third kappa shape index (κ3) is 3.29. The quantitative estimate of drug-likeness (QED) is 0.795. The highest BCUT2D eigenvalue weighted by Gasteiger charge is 2.42. The SMILES string of the molecule is CC1(O)CCCN(C(=O)C(C)(C)C2CCCNC2)C1.